The summed E-state index contributed by atoms with van der Waals surface area (Å²) in [5.74, 6) is -0.385. The Labute approximate surface area is 138 Å². The maximum Gasteiger partial charge on any atom is 0.246 e. The summed E-state index contributed by atoms with van der Waals surface area (Å²) in [6.45, 7) is 5.28. The van der Waals surface area contributed by atoms with Gasteiger partial charge in [-0.05, 0) is 31.4 Å². The van der Waals surface area contributed by atoms with Crippen molar-refractivity contribution in [3.63, 3.8) is 0 Å². The molecule has 124 valence electrons. The molecule has 3 heteroatoms. The van der Waals surface area contributed by atoms with E-state index in [4.69, 9.17) is 0 Å². The third-order valence-electron chi connectivity index (χ3n) is 3.62. The number of likely N-dealkylation sites (N-methyl/N-ethyl adjacent to an activating group) is 1. The molecule has 0 aliphatic carbocycles. The van der Waals surface area contributed by atoms with Gasteiger partial charge in [-0.3, -0.25) is 9.18 Å². The van der Waals surface area contributed by atoms with Gasteiger partial charge in [0.1, 0.15) is 6.67 Å². The monoisotopic (exact) mass is 315 g/mol. The number of carbonyl (C=O) groups is 1. The first-order valence-electron chi connectivity index (χ1n) is 7.93. The molecule has 0 spiro atoms. The van der Waals surface area contributed by atoms with Gasteiger partial charge in [0.15, 0.2) is 0 Å². The van der Waals surface area contributed by atoms with Gasteiger partial charge in [-0.2, -0.15) is 0 Å². The van der Waals surface area contributed by atoms with E-state index in [2.05, 4.69) is 5.32 Å². The van der Waals surface area contributed by atoms with Gasteiger partial charge < -0.3 is 5.32 Å². The molecule has 1 N–H and O–H groups in total. The highest BCUT2D eigenvalue weighted by atomic mass is 19.1. The lowest BCUT2D eigenvalue weighted by Crippen LogP contribution is -2.18. The molecule has 1 amide bonds. The Balaban J connectivity index is 3.13. The van der Waals surface area contributed by atoms with Gasteiger partial charge in [0, 0.05) is 18.5 Å². The average Bonchev–Trinajstić information content (AvgIpc) is 2.55. The van der Waals surface area contributed by atoms with E-state index < -0.39 is 6.67 Å². The predicted molar refractivity (Wildman–Crippen MR) is 95.1 cm³/mol. The second-order valence-corrected chi connectivity index (χ2v) is 5.52. The molecular formula is C20H26FNO. The highest BCUT2D eigenvalue weighted by Crippen LogP contribution is 2.27. The molecule has 0 aliphatic rings. The van der Waals surface area contributed by atoms with E-state index in [9.17, 15) is 9.18 Å². The first kappa shape index (κ1) is 18.9. The first-order valence-corrected chi connectivity index (χ1v) is 7.93. The van der Waals surface area contributed by atoms with Crippen LogP contribution in [-0.2, 0) is 4.79 Å². The molecule has 0 aromatic heterocycles. The van der Waals surface area contributed by atoms with Gasteiger partial charge in [-0.1, -0.05) is 61.1 Å². The van der Waals surface area contributed by atoms with Crippen LogP contribution < -0.4 is 5.32 Å². The normalized spacial score (nSPS) is 14.6. The van der Waals surface area contributed by atoms with Crippen LogP contribution in [-0.4, -0.2) is 19.6 Å². The van der Waals surface area contributed by atoms with Gasteiger partial charge in [0.2, 0.25) is 5.91 Å². The van der Waals surface area contributed by atoms with E-state index in [-0.39, 0.29) is 11.8 Å². The standard InChI is InChI=1S/C20H26FNO/c1-5-9-18(13-15(2)12-16(3)20(23)22-4)19(14-21)17-10-7-6-8-11-17/h6-13,19H,5,14H2,1-4H3,(H,22,23)/b15-13-,16-12+,18-9-. The largest absolute Gasteiger partial charge is 0.355 e. The minimum atomic E-state index is -0.447. The lowest BCUT2D eigenvalue weighted by molar-refractivity contribution is -0.117. The van der Waals surface area contributed by atoms with Crippen LogP contribution in [0.4, 0.5) is 4.39 Å². The summed E-state index contributed by atoms with van der Waals surface area (Å²) in [7, 11) is 1.61. The molecule has 0 saturated carbocycles. The zero-order valence-corrected chi connectivity index (χ0v) is 14.4. The molecule has 1 aromatic carbocycles. The van der Waals surface area contributed by atoms with Gasteiger partial charge in [0.25, 0.3) is 0 Å². The van der Waals surface area contributed by atoms with Crippen molar-refractivity contribution in [3.8, 4) is 0 Å². The second kappa shape index (κ2) is 9.78. The summed E-state index contributed by atoms with van der Waals surface area (Å²) in [4.78, 5) is 11.6. The van der Waals surface area contributed by atoms with Crippen molar-refractivity contribution in [1.29, 1.82) is 0 Å². The van der Waals surface area contributed by atoms with E-state index in [1.807, 2.05) is 62.4 Å². The van der Waals surface area contributed by atoms with Crippen LogP contribution >= 0.6 is 0 Å². The molecule has 0 fully saturated rings. The van der Waals surface area contributed by atoms with Gasteiger partial charge in [0.05, 0.1) is 0 Å². The Morgan fingerprint density at radius 1 is 1.22 bits per heavy atom. The number of rotatable bonds is 7. The molecule has 1 unspecified atom stereocenters. The Bertz CT molecular complexity index is 599. The molecule has 23 heavy (non-hydrogen) atoms. The molecule has 0 bridgehead atoms. The van der Waals surface area contributed by atoms with Crippen LogP contribution in [0.2, 0.25) is 0 Å². The summed E-state index contributed by atoms with van der Waals surface area (Å²) in [6.07, 6.45) is 6.67. The number of carbonyl (C=O) groups excluding carboxylic acids is 1. The Morgan fingerprint density at radius 3 is 2.39 bits per heavy atom. The Kier molecular flexibility index (Phi) is 8.03. The number of amides is 1. The number of alkyl halides is 1. The molecule has 1 atom stereocenters. The summed E-state index contributed by atoms with van der Waals surface area (Å²) in [5.41, 5.74) is 3.47. The average molecular weight is 315 g/mol. The number of halogens is 1. The molecule has 0 saturated heterocycles. The fourth-order valence-corrected chi connectivity index (χ4v) is 2.50. The van der Waals surface area contributed by atoms with E-state index in [1.54, 1.807) is 14.0 Å². The van der Waals surface area contributed by atoms with Crippen LogP contribution in [0.3, 0.4) is 0 Å². The van der Waals surface area contributed by atoms with Crippen molar-refractivity contribution in [1.82, 2.24) is 5.32 Å². The number of hydrogen-bond acceptors (Lipinski definition) is 1. The quantitative estimate of drug-likeness (QED) is 0.573. The van der Waals surface area contributed by atoms with Gasteiger partial charge in [-0.25, -0.2) is 0 Å². The van der Waals surface area contributed by atoms with Gasteiger partial charge >= 0.3 is 0 Å². The third kappa shape index (κ3) is 5.85. The summed E-state index contributed by atoms with van der Waals surface area (Å²) in [5, 5.41) is 2.60. The van der Waals surface area contributed by atoms with Crippen LogP contribution in [0, 0.1) is 0 Å². The number of benzene rings is 1. The molecule has 0 aliphatic heterocycles. The number of hydrogen-bond donors (Lipinski definition) is 1. The maximum atomic E-state index is 13.7. The van der Waals surface area contributed by atoms with Gasteiger partial charge in [-0.15, -0.1) is 0 Å². The van der Waals surface area contributed by atoms with Crippen LogP contribution in [0.25, 0.3) is 0 Å². The zero-order valence-electron chi connectivity index (χ0n) is 14.4. The molecule has 0 heterocycles. The molecule has 0 radical (unpaired) electrons. The smallest absolute Gasteiger partial charge is 0.246 e. The molecule has 2 nitrogen and oxygen atoms in total. The van der Waals surface area contributed by atoms with E-state index in [0.717, 1.165) is 23.1 Å². The van der Waals surface area contributed by atoms with Crippen molar-refractivity contribution in [2.75, 3.05) is 13.7 Å². The Morgan fingerprint density at radius 2 is 1.87 bits per heavy atom. The number of nitrogens with one attached hydrogen (secondary N) is 1. The minimum Gasteiger partial charge on any atom is -0.355 e. The van der Waals surface area contributed by atoms with Crippen LogP contribution in [0.15, 0.2) is 65.3 Å². The minimum absolute atomic E-state index is 0.108. The topological polar surface area (TPSA) is 29.1 Å². The maximum absolute atomic E-state index is 13.7. The molecule has 1 rings (SSSR count). The summed E-state index contributed by atoms with van der Waals surface area (Å²) < 4.78 is 13.7. The van der Waals surface area contributed by atoms with Crippen molar-refractivity contribution in [3.05, 3.63) is 70.8 Å². The lowest BCUT2D eigenvalue weighted by atomic mass is 9.90. The highest BCUT2D eigenvalue weighted by Gasteiger charge is 2.14. The zero-order chi connectivity index (χ0) is 17.2. The lowest BCUT2D eigenvalue weighted by Gasteiger charge is -2.16. The van der Waals surface area contributed by atoms with Crippen molar-refractivity contribution >= 4 is 5.91 Å². The molecular weight excluding hydrogens is 289 g/mol. The van der Waals surface area contributed by atoms with Crippen molar-refractivity contribution < 1.29 is 9.18 Å². The molecule has 1 aromatic rings. The van der Waals surface area contributed by atoms with Crippen molar-refractivity contribution in [2.45, 2.75) is 33.1 Å². The van der Waals surface area contributed by atoms with E-state index >= 15 is 0 Å². The second-order valence-electron chi connectivity index (χ2n) is 5.52. The summed E-state index contributed by atoms with van der Waals surface area (Å²) >= 11 is 0. The summed E-state index contributed by atoms with van der Waals surface area (Å²) in [6, 6.07) is 9.67. The van der Waals surface area contributed by atoms with Crippen molar-refractivity contribution in [2.24, 2.45) is 0 Å². The number of allylic oxidation sites excluding steroid dienone is 5. The Hall–Kier alpha value is -2.16. The van der Waals surface area contributed by atoms with E-state index in [0.29, 0.717) is 5.57 Å². The highest BCUT2D eigenvalue weighted by molar-refractivity contribution is 5.93. The van der Waals surface area contributed by atoms with Crippen LogP contribution in [0.5, 0.6) is 0 Å². The fourth-order valence-electron chi connectivity index (χ4n) is 2.50. The van der Waals surface area contributed by atoms with Crippen LogP contribution in [0.1, 0.15) is 38.7 Å². The van der Waals surface area contributed by atoms with E-state index in [1.165, 1.54) is 0 Å². The fraction of sp³-hybridized carbons (Fsp3) is 0.350. The predicted octanol–water partition coefficient (Wildman–Crippen LogP) is 4.71. The third-order valence-corrected chi connectivity index (χ3v) is 3.62. The SMILES string of the molecule is CC/C=C(/C=C(C)\C=C(/C)C(=O)NC)C(CF)c1ccccc1. The first-order chi connectivity index (χ1) is 11.0.